The van der Waals surface area contributed by atoms with Gasteiger partial charge in [-0.2, -0.15) is 0 Å². The number of nitrogens with zero attached hydrogens (tertiary/aromatic N) is 2. The fraction of sp³-hybridized carbons (Fsp3) is 0.125. The Hall–Kier alpha value is -2.01. The van der Waals surface area contributed by atoms with E-state index >= 15 is 0 Å². The molecular formula is C16H13BrFN3. The molecule has 0 radical (unpaired) electrons. The lowest BCUT2D eigenvalue weighted by Crippen LogP contribution is -2.07. The predicted octanol–water partition coefficient (Wildman–Crippen LogP) is 4.19. The van der Waals surface area contributed by atoms with Crippen LogP contribution < -0.4 is 5.32 Å². The summed E-state index contributed by atoms with van der Waals surface area (Å²) in [5.74, 6) is 0.377. The Kier molecular flexibility index (Phi) is 4.10. The van der Waals surface area contributed by atoms with Crippen molar-refractivity contribution < 1.29 is 4.39 Å². The van der Waals surface area contributed by atoms with E-state index < -0.39 is 0 Å². The maximum atomic E-state index is 13.4. The van der Waals surface area contributed by atoms with Crippen molar-refractivity contribution in [2.75, 3.05) is 11.9 Å². The second-order valence-corrected chi connectivity index (χ2v) is 5.61. The van der Waals surface area contributed by atoms with Crippen LogP contribution in [0.25, 0.3) is 10.9 Å². The third-order valence-electron chi connectivity index (χ3n) is 3.19. The van der Waals surface area contributed by atoms with Gasteiger partial charge < -0.3 is 5.32 Å². The number of aromatic nitrogens is 2. The van der Waals surface area contributed by atoms with Crippen molar-refractivity contribution in [2.24, 2.45) is 0 Å². The molecule has 3 aromatic rings. The van der Waals surface area contributed by atoms with Gasteiger partial charge in [-0.1, -0.05) is 28.1 Å². The molecule has 1 N–H and O–H groups in total. The Morgan fingerprint density at radius 1 is 1.10 bits per heavy atom. The summed E-state index contributed by atoms with van der Waals surface area (Å²) in [6.07, 6.45) is 2.35. The summed E-state index contributed by atoms with van der Waals surface area (Å²) in [6, 6.07) is 12.7. The van der Waals surface area contributed by atoms with Gasteiger partial charge >= 0.3 is 0 Å². The normalized spacial score (nSPS) is 10.8. The summed E-state index contributed by atoms with van der Waals surface area (Å²) in [5.41, 5.74) is 1.96. The average molecular weight is 346 g/mol. The van der Waals surface area contributed by atoms with Crippen LogP contribution in [0.15, 0.2) is 53.3 Å². The molecule has 106 valence electrons. The van der Waals surface area contributed by atoms with Crippen LogP contribution in [0, 0.1) is 5.82 Å². The molecule has 0 aliphatic carbocycles. The Labute approximate surface area is 130 Å². The van der Waals surface area contributed by atoms with Crippen LogP contribution in [0.3, 0.4) is 0 Å². The van der Waals surface area contributed by atoms with Gasteiger partial charge in [-0.3, -0.25) is 0 Å². The zero-order valence-corrected chi connectivity index (χ0v) is 12.8. The van der Waals surface area contributed by atoms with Gasteiger partial charge in [0.05, 0.1) is 5.52 Å². The summed E-state index contributed by atoms with van der Waals surface area (Å²) >= 11 is 3.46. The van der Waals surface area contributed by atoms with E-state index in [9.17, 15) is 4.39 Å². The minimum absolute atomic E-state index is 0.285. The highest BCUT2D eigenvalue weighted by Crippen LogP contribution is 2.20. The second kappa shape index (κ2) is 6.18. The summed E-state index contributed by atoms with van der Waals surface area (Å²) < 4.78 is 14.4. The molecule has 0 spiro atoms. The van der Waals surface area contributed by atoms with Gasteiger partial charge in [0.15, 0.2) is 0 Å². The van der Waals surface area contributed by atoms with Crippen LogP contribution in [0.2, 0.25) is 0 Å². The Balaban J connectivity index is 1.75. The molecule has 5 heteroatoms. The van der Waals surface area contributed by atoms with E-state index in [2.05, 4.69) is 43.3 Å². The van der Waals surface area contributed by atoms with Crippen LogP contribution in [0.5, 0.6) is 0 Å². The molecule has 3 rings (SSSR count). The monoisotopic (exact) mass is 345 g/mol. The van der Waals surface area contributed by atoms with Gasteiger partial charge in [0.2, 0.25) is 0 Å². The molecule has 0 saturated carbocycles. The zero-order valence-electron chi connectivity index (χ0n) is 11.2. The molecule has 0 aliphatic heterocycles. The first kappa shape index (κ1) is 13.9. The highest BCUT2D eigenvalue weighted by atomic mass is 79.9. The standard InChI is InChI=1S/C16H13BrFN3/c17-12-3-1-2-11(8-12)6-7-19-16-14-9-13(18)4-5-15(14)20-10-21-16/h1-5,8-10H,6-7H2,(H,19,20,21). The largest absolute Gasteiger partial charge is 0.369 e. The number of halogens is 2. The first-order valence-corrected chi connectivity index (χ1v) is 7.40. The summed E-state index contributed by atoms with van der Waals surface area (Å²) in [6.45, 7) is 0.721. The van der Waals surface area contributed by atoms with Crippen LogP contribution in [0.1, 0.15) is 5.56 Å². The number of fused-ring (bicyclic) bond motifs is 1. The maximum absolute atomic E-state index is 13.4. The van der Waals surface area contributed by atoms with Gasteiger partial charge in [-0.05, 0) is 42.3 Å². The second-order valence-electron chi connectivity index (χ2n) is 4.69. The highest BCUT2D eigenvalue weighted by Gasteiger charge is 2.04. The third-order valence-corrected chi connectivity index (χ3v) is 3.69. The highest BCUT2D eigenvalue weighted by molar-refractivity contribution is 9.10. The van der Waals surface area contributed by atoms with Gasteiger partial charge in [-0.25, -0.2) is 14.4 Å². The van der Waals surface area contributed by atoms with Crippen molar-refractivity contribution >= 4 is 32.7 Å². The van der Waals surface area contributed by atoms with E-state index in [1.165, 1.54) is 24.0 Å². The molecule has 0 unspecified atom stereocenters. The minimum Gasteiger partial charge on any atom is -0.369 e. The zero-order chi connectivity index (χ0) is 14.7. The molecule has 3 nitrogen and oxygen atoms in total. The topological polar surface area (TPSA) is 37.8 Å². The van der Waals surface area contributed by atoms with Crippen molar-refractivity contribution in [1.29, 1.82) is 0 Å². The SMILES string of the molecule is Fc1ccc2ncnc(NCCc3cccc(Br)c3)c2c1. The minimum atomic E-state index is -0.285. The van der Waals surface area contributed by atoms with Gasteiger partial charge in [-0.15, -0.1) is 0 Å². The van der Waals surface area contributed by atoms with E-state index in [1.54, 1.807) is 6.07 Å². The van der Waals surface area contributed by atoms with E-state index in [1.807, 2.05) is 12.1 Å². The smallest absolute Gasteiger partial charge is 0.137 e. The van der Waals surface area contributed by atoms with Crippen molar-refractivity contribution in [1.82, 2.24) is 9.97 Å². The molecule has 0 aliphatic rings. The molecule has 0 fully saturated rings. The first-order valence-electron chi connectivity index (χ1n) is 6.61. The van der Waals surface area contributed by atoms with E-state index in [0.29, 0.717) is 11.2 Å². The van der Waals surface area contributed by atoms with Crippen LogP contribution in [-0.2, 0) is 6.42 Å². The summed E-state index contributed by atoms with van der Waals surface area (Å²) in [7, 11) is 0. The summed E-state index contributed by atoms with van der Waals surface area (Å²) in [4.78, 5) is 8.34. The van der Waals surface area contributed by atoms with Gasteiger partial charge in [0.1, 0.15) is 18.0 Å². The lowest BCUT2D eigenvalue weighted by Gasteiger charge is -2.08. The van der Waals surface area contributed by atoms with E-state index in [0.717, 1.165) is 23.0 Å². The summed E-state index contributed by atoms with van der Waals surface area (Å²) in [5, 5.41) is 3.95. The molecule has 0 saturated heterocycles. The van der Waals surface area contributed by atoms with Crippen molar-refractivity contribution in [2.45, 2.75) is 6.42 Å². The Bertz CT molecular complexity index is 776. The number of nitrogens with one attached hydrogen (secondary N) is 1. The number of hydrogen-bond acceptors (Lipinski definition) is 3. The lowest BCUT2D eigenvalue weighted by atomic mass is 10.1. The molecule has 0 bridgehead atoms. The fourth-order valence-electron chi connectivity index (χ4n) is 2.19. The van der Waals surface area contributed by atoms with Crippen molar-refractivity contribution in [3.63, 3.8) is 0 Å². The molecule has 1 aromatic heterocycles. The molecule has 0 amide bonds. The fourth-order valence-corrected chi connectivity index (χ4v) is 2.63. The molecule has 1 heterocycles. The van der Waals surface area contributed by atoms with E-state index in [4.69, 9.17) is 0 Å². The van der Waals surface area contributed by atoms with Gasteiger partial charge in [0.25, 0.3) is 0 Å². The Morgan fingerprint density at radius 3 is 2.86 bits per heavy atom. The molecule has 0 atom stereocenters. The quantitative estimate of drug-likeness (QED) is 0.770. The Morgan fingerprint density at radius 2 is 2.00 bits per heavy atom. The molecule has 21 heavy (non-hydrogen) atoms. The number of hydrogen-bond donors (Lipinski definition) is 1. The van der Waals surface area contributed by atoms with Crippen molar-refractivity contribution in [3.05, 3.63) is 64.6 Å². The number of benzene rings is 2. The predicted molar refractivity (Wildman–Crippen MR) is 85.8 cm³/mol. The molecular weight excluding hydrogens is 333 g/mol. The first-order chi connectivity index (χ1) is 10.2. The molecule has 2 aromatic carbocycles. The van der Waals surface area contributed by atoms with E-state index in [-0.39, 0.29) is 5.82 Å². The average Bonchev–Trinajstić information content (AvgIpc) is 2.48. The van der Waals surface area contributed by atoms with Gasteiger partial charge in [0, 0.05) is 16.4 Å². The number of anilines is 1. The number of rotatable bonds is 4. The van der Waals surface area contributed by atoms with Crippen LogP contribution in [0.4, 0.5) is 10.2 Å². The maximum Gasteiger partial charge on any atom is 0.137 e. The third kappa shape index (κ3) is 3.36. The van der Waals surface area contributed by atoms with Crippen LogP contribution >= 0.6 is 15.9 Å². The van der Waals surface area contributed by atoms with Crippen molar-refractivity contribution in [3.8, 4) is 0 Å². The van der Waals surface area contributed by atoms with Crippen LogP contribution in [-0.4, -0.2) is 16.5 Å². The lowest BCUT2D eigenvalue weighted by molar-refractivity contribution is 0.629.